The van der Waals surface area contributed by atoms with E-state index in [1.165, 1.54) is 29.1 Å². The first-order chi connectivity index (χ1) is 13.7. The Morgan fingerprint density at radius 3 is 2.38 bits per heavy atom. The molecule has 2 aromatic heterocycles. The van der Waals surface area contributed by atoms with E-state index in [2.05, 4.69) is 4.57 Å². The summed E-state index contributed by atoms with van der Waals surface area (Å²) in [5.74, 6) is -0.956. The molecule has 29 heavy (non-hydrogen) atoms. The van der Waals surface area contributed by atoms with Crippen LogP contribution in [0, 0.1) is 13.8 Å². The smallest absolute Gasteiger partial charge is 0.338 e. The van der Waals surface area contributed by atoms with Gasteiger partial charge in [-0.1, -0.05) is 6.07 Å². The Hall–Kier alpha value is -2.71. The Bertz CT molecular complexity index is 1140. The van der Waals surface area contributed by atoms with E-state index in [-0.39, 0.29) is 22.8 Å². The summed E-state index contributed by atoms with van der Waals surface area (Å²) in [6.45, 7) is 4.12. The SMILES string of the molecule is Cc1cc(C(=O)COC(=O)c2ccc(S(C)(=O)=O)cc2)c(C)n1Cc1cccs1. The number of nitrogens with zero attached hydrogens (tertiary/aromatic N) is 1. The van der Waals surface area contributed by atoms with E-state index in [1.54, 1.807) is 17.4 Å². The van der Waals surface area contributed by atoms with Crippen molar-refractivity contribution in [1.29, 1.82) is 0 Å². The molecule has 0 aliphatic rings. The molecule has 0 saturated heterocycles. The van der Waals surface area contributed by atoms with Crippen molar-refractivity contribution in [3.8, 4) is 0 Å². The normalized spacial score (nSPS) is 11.4. The highest BCUT2D eigenvalue weighted by molar-refractivity contribution is 7.90. The quantitative estimate of drug-likeness (QED) is 0.421. The lowest BCUT2D eigenvalue weighted by Crippen LogP contribution is -2.15. The van der Waals surface area contributed by atoms with Gasteiger partial charge in [0.15, 0.2) is 16.4 Å². The molecule has 0 unspecified atom stereocenters. The van der Waals surface area contributed by atoms with Crippen molar-refractivity contribution in [1.82, 2.24) is 4.57 Å². The van der Waals surface area contributed by atoms with Crippen LogP contribution in [0.2, 0.25) is 0 Å². The number of sulfone groups is 1. The van der Waals surface area contributed by atoms with Crippen LogP contribution < -0.4 is 0 Å². The van der Waals surface area contributed by atoms with E-state index < -0.39 is 15.8 Å². The molecule has 0 N–H and O–H groups in total. The van der Waals surface area contributed by atoms with E-state index in [0.717, 1.165) is 17.6 Å². The number of carbonyl (C=O) groups excluding carboxylic acids is 2. The minimum atomic E-state index is -3.34. The van der Waals surface area contributed by atoms with Crippen molar-refractivity contribution in [2.45, 2.75) is 25.3 Å². The lowest BCUT2D eigenvalue weighted by molar-refractivity contribution is 0.0474. The Balaban J connectivity index is 1.67. The maximum absolute atomic E-state index is 12.6. The number of carbonyl (C=O) groups is 2. The fourth-order valence-corrected chi connectivity index (χ4v) is 4.34. The second-order valence-corrected chi connectivity index (χ2v) is 9.79. The molecule has 0 amide bonds. The number of ketones is 1. The molecule has 8 heteroatoms. The largest absolute Gasteiger partial charge is 0.454 e. The third-order valence-corrected chi connectivity index (χ3v) is 6.61. The van der Waals surface area contributed by atoms with Crippen molar-refractivity contribution in [2.24, 2.45) is 0 Å². The van der Waals surface area contributed by atoms with E-state index in [1.807, 2.05) is 31.4 Å². The number of esters is 1. The second kappa shape index (κ2) is 8.34. The zero-order valence-corrected chi connectivity index (χ0v) is 18.0. The van der Waals surface area contributed by atoms with Gasteiger partial charge in [-0.05, 0) is 55.6 Å². The summed E-state index contributed by atoms with van der Waals surface area (Å²) in [4.78, 5) is 26.1. The van der Waals surface area contributed by atoms with Crippen LogP contribution in [0.3, 0.4) is 0 Å². The topological polar surface area (TPSA) is 82.4 Å². The highest BCUT2D eigenvalue weighted by Crippen LogP contribution is 2.20. The third kappa shape index (κ3) is 4.83. The molecule has 6 nitrogen and oxygen atoms in total. The zero-order chi connectivity index (χ0) is 21.2. The van der Waals surface area contributed by atoms with Crippen molar-refractivity contribution >= 4 is 32.9 Å². The van der Waals surface area contributed by atoms with Crippen molar-refractivity contribution in [3.05, 3.63) is 75.2 Å². The molecule has 3 rings (SSSR count). The molecule has 2 heterocycles. The second-order valence-electron chi connectivity index (χ2n) is 6.75. The van der Waals surface area contributed by atoms with Gasteiger partial charge in [-0.15, -0.1) is 11.3 Å². The number of thiophene rings is 1. The van der Waals surface area contributed by atoms with Crippen LogP contribution in [-0.2, 0) is 21.1 Å². The van der Waals surface area contributed by atoms with E-state index in [9.17, 15) is 18.0 Å². The number of rotatable bonds is 7. The summed E-state index contributed by atoms with van der Waals surface area (Å²) in [7, 11) is -3.34. The van der Waals surface area contributed by atoms with Gasteiger partial charge in [0, 0.05) is 28.1 Å². The third-order valence-electron chi connectivity index (χ3n) is 4.62. The molecule has 0 fully saturated rings. The first-order valence-electron chi connectivity index (χ1n) is 8.86. The van der Waals surface area contributed by atoms with Gasteiger partial charge in [0.25, 0.3) is 0 Å². The van der Waals surface area contributed by atoms with E-state index in [0.29, 0.717) is 12.1 Å². The van der Waals surface area contributed by atoms with Gasteiger partial charge in [0.2, 0.25) is 5.78 Å². The summed E-state index contributed by atoms with van der Waals surface area (Å²) >= 11 is 1.65. The molecule has 0 radical (unpaired) electrons. The summed E-state index contributed by atoms with van der Waals surface area (Å²) < 4.78 is 30.2. The van der Waals surface area contributed by atoms with Crippen molar-refractivity contribution in [3.63, 3.8) is 0 Å². The van der Waals surface area contributed by atoms with Crippen molar-refractivity contribution < 1.29 is 22.7 Å². The van der Waals surface area contributed by atoms with Gasteiger partial charge >= 0.3 is 5.97 Å². The molecule has 0 bridgehead atoms. The van der Waals surface area contributed by atoms with Gasteiger partial charge in [0.1, 0.15) is 0 Å². The lowest BCUT2D eigenvalue weighted by Gasteiger charge is -2.08. The highest BCUT2D eigenvalue weighted by atomic mass is 32.2. The van der Waals surface area contributed by atoms with Crippen LogP contribution in [0.15, 0.2) is 52.7 Å². The van der Waals surface area contributed by atoms with Crippen LogP contribution in [0.1, 0.15) is 37.0 Å². The zero-order valence-electron chi connectivity index (χ0n) is 16.3. The van der Waals surface area contributed by atoms with Gasteiger partial charge in [0.05, 0.1) is 17.0 Å². The molecule has 0 aliphatic carbocycles. The molecule has 3 aromatic rings. The van der Waals surface area contributed by atoms with Crippen LogP contribution in [-0.4, -0.2) is 37.6 Å². The fourth-order valence-electron chi connectivity index (χ4n) is 3.02. The summed E-state index contributed by atoms with van der Waals surface area (Å²) in [6.07, 6.45) is 1.09. The van der Waals surface area contributed by atoms with E-state index >= 15 is 0 Å². The summed E-state index contributed by atoms with van der Waals surface area (Å²) in [6, 6.07) is 11.3. The molecule has 0 saturated carbocycles. The van der Waals surface area contributed by atoms with Gasteiger partial charge in [-0.25, -0.2) is 13.2 Å². The molecule has 152 valence electrons. The van der Waals surface area contributed by atoms with Crippen LogP contribution >= 0.6 is 11.3 Å². The minimum Gasteiger partial charge on any atom is -0.454 e. The molecule has 0 aliphatic heterocycles. The number of hydrogen-bond donors (Lipinski definition) is 0. The maximum atomic E-state index is 12.6. The number of aromatic nitrogens is 1. The van der Waals surface area contributed by atoms with E-state index in [4.69, 9.17) is 4.74 Å². The van der Waals surface area contributed by atoms with Gasteiger partial charge in [-0.2, -0.15) is 0 Å². The Morgan fingerprint density at radius 2 is 1.79 bits per heavy atom. The van der Waals surface area contributed by atoms with Gasteiger partial charge in [-0.3, -0.25) is 4.79 Å². The predicted octanol–water partition coefficient (Wildman–Crippen LogP) is 3.66. The predicted molar refractivity (Wildman–Crippen MR) is 111 cm³/mol. The molecule has 0 atom stereocenters. The Morgan fingerprint density at radius 1 is 1.10 bits per heavy atom. The molecule has 0 spiro atoms. The number of Topliss-reactive ketones (excluding diaryl/α,β-unsaturated/α-hetero) is 1. The number of benzene rings is 1. The molecular weight excluding hydrogens is 410 g/mol. The summed E-state index contributed by atoms with van der Waals surface area (Å²) in [5.41, 5.74) is 2.50. The standard InChI is InChI=1S/C21H21NO5S2/c1-14-11-19(15(2)22(14)12-17-5-4-10-28-17)20(23)13-27-21(24)16-6-8-18(9-7-16)29(3,25)26/h4-11H,12-13H2,1-3H3. The molecule has 1 aromatic carbocycles. The Labute approximate surface area is 173 Å². The minimum absolute atomic E-state index is 0.114. The number of ether oxygens (including phenoxy) is 1. The fraction of sp³-hybridized carbons (Fsp3) is 0.238. The molecular formula is C21H21NO5S2. The highest BCUT2D eigenvalue weighted by Gasteiger charge is 2.18. The lowest BCUT2D eigenvalue weighted by atomic mass is 10.1. The van der Waals surface area contributed by atoms with Gasteiger partial charge < -0.3 is 9.30 Å². The summed E-state index contributed by atoms with van der Waals surface area (Å²) in [5, 5.41) is 2.01. The average Bonchev–Trinajstić information content (AvgIpc) is 3.29. The maximum Gasteiger partial charge on any atom is 0.338 e. The average molecular weight is 432 g/mol. The first-order valence-corrected chi connectivity index (χ1v) is 11.6. The van der Waals surface area contributed by atoms with Crippen LogP contribution in [0.5, 0.6) is 0 Å². The first kappa shape index (κ1) is 21.0. The number of aryl methyl sites for hydroxylation is 1. The van der Waals surface area contributed by atoms with Crippen LogP contribution in [0.25, 0.3) is 0 Å². The van der Waals surface area contributed by atoms with Crippen molar-refractivity contribution in [2.75, 3.05) is 12.9 Å². The monoisotopic (exact) mass is 431 g/mol. The van der Waals surface area contributed by atoms with Crippen LogP contribution in [0.4, 0.5) is 0 Å². The number of hydrogen-bond acceptors (Lipinski definition) is 6. The Kier molecular flexibility index (Phi) is 6.04.